The standard InChI is InChI=1S/C28H30ClNO/c1-30-24-16-17-27(30)26(25(18-24)20-12-14-23(29)15-13-20)19-31-28(21-8-4-2-5-9-21)22-10-6-3-7-11-22/h2-15,24-28H,16-19H2,1H3/t24-,25+,26+,27+/m0/s1. The lowest BCUT2D eigenvalue weighted by molar-refractivity contribution is -0.00335. The average molecular weight is 432 g/mol. The first kappa shape index (κ1) is 20.8. The van der Waals surface area contributed by atoms with E-state index in [0.29, 0.717) is 23.9 Å². The number of benzene rings is 3. The Balaban J connectivity index is 1.43. The van der Waals surface area contributed by atoms with Crippen molar-refractivity contribution < 1.29 is 4.74 Å². The number of halogens is 1. The zero-order valence-corrected chi connectivity index (χ0v) is 18.8. The van der Waals surface area contributed by atoms with Crippen LogP contribution < -0.4 is 0 Å². The molecule has 0 aromatic heterocycles. The maximum atomic E-state index is 6.78. The van der Waals surface area contributed by atoms with E-state index >= 15 is 0 Å². The highest BCUT2D eigenvalue weighted by Crippen LogP contribution is 2.47. The summed E-state index contributed by atoms with van der Waals surface area (Å²) in [7, 11) is 2.30. The van der Waals surface area contributed by atoms with Crippen molar-refractivity contribution in [3.63, 3.8) is 0 Å². The third-order valence-electron chi connectivity index (χ3n) is 7.39. The van der Waals surface area contributed by atoms with Crippen molar-refractivity contribution in [2.45, 2.75) is 43.4 Å². The molecule has 0 N–H and O–H groups in total. The van der Waals surface area contributed by atoms with Gasteiger partial charge in [-0.15, -0.1) is 0 Å². The fraction of sp³-hybridized carbons (Fsp3) is 0.357. The molecular formula is C28H30ClNO. The predicted molar refractivity (Wildman–Crippen MR) is 128 cm³/mol. The second-order valence-corrected chi connectivity index (χ2v) is 9.49. The molecule has 160 valence electrons. The molecule has 0 amide bonds. The van der Waals surface area contributed by atoms with Crippen molar-refractivity contribution in [1.29, 1.82) is 0 Å². The molecule has 2 nitrogen and oxygen atoms in total. The van der Waals surface area contributed by atoms with E-state index in [-0.39, 0.29) is 6.10 Å². The normalized spacial score (nSPS) is 25.8. The van der Waals surface area contributed by atoms with E-state index < -0.39 is 0 Å². The first-order valence-corrected chi connectivity index (χ1v) is 11.8. The van der Waals surface area contributed by atoms with Gasteiger partial charge in [-0.1, -0.05) is 84.4 Å². The van der Waals surface area contributed by atoms with Gasteiger partial charge in [0.05, 0.1) is 6.61 Å². The summed E-state index contributed by atoms with van der Waals surface area (Å²) >= 11 is 6.19. The third kappa shape index (κ3) is 4.30. The Morgan fingerprint density at radius 2 is 1.48 bits per heavy atom. The molecule has 31 heavy (non-hydrogen) atoms. The number of hydrogen-bond donors (Lipinski definition) is 0. The summed E-state index contributed by atoms with van der Waals surface area (Å²) in [5.74, 6) is 0.984. The molecule has 3 aromatic rings. The van der Waals surface area contributed by atoms with E-state index in [4.69, 9.17) is 16.3 Å². The second kappa shape index (κ2) is 9.16. The van der Waals surface area contributed by atoms with Crippen molar-refractivity contribution in [3.8, 4) is 0 Å². The molecule has 2 aliphatic heterocycles. The van der Waals surface area contributed by atoms with Gasteiger partial charge in [-0.25, -0.2) is 0 Å². The highest BCUT2D eigenvalue weighted by molar-refractivity contribution is 6.30. The minimum absolute atomic E-state index is 0.0438. The van der Waals surface area contributed by atoms with Crippen molar-refractivity contribution in [2.75, 3.05) is 13.7 Å². The number of hydrogen-bond acceptors (Lipinski definition) is 2. The number of nitrogens with zero attached hydrogens (tertiary/aromatic N) is 1. The van der Waals surface area contributed by atoms with E-state index in [9.17, 15) is 0 Å². The van der Waals surface area contributed by atoms with Crippen LogP contribution in [0.3, 0.4) is 0 Å². The monoisotopic (exact) mass is 431 g/mol. The number of rotatable bonds is 6. The fourth-order valence-electron chi connectivity index (χ4n) is 5.75. The van der Waals surface area contributed by atoms with Crippen LogP contribution in [-0.4, -0.2) is 30.6 Å². The smallest absolute Gasteiger partial charge is 0.108 e. The average Bonchev–Trinajstić information content (AvgIpc) is 3.05. The molecule has 0 spiro atoms. The molecule has 3 heteroatoms. The van der Waals surface area contributed by atoms with Gasteiger partial charge in [0.15, 0.2) is 0 Å². The number of fused-ring (bicyclic) bond motifs is 2. The molecule has 2 saturated heterocycles. The van der Waals surface area contributed by atoms with E-state index in [2.05, 4.69) is 84.7 Å². The van der Waals surface area contributed by atoms with E-state index in [0.717, 1.165) is 11.6 Å². The maximum absolute atomic E-state index is 6.78. The van der Waals surface area contributed by atoms with Crippen LogP contribution in [0.15, 0.2) is 84.9 Å². The van der Waals surface area contributed by atoms with Gasteiger partial charge in [-0.05, 0) is 61.1 Å². The summed E-state index contributed by atoms with van der Waals surface area (Å²) in [5.41, 5.74) is 3.83. The molecule has 0 unspecified atom stereocenters. The van der Waals surface area contributed by atoms with Gasteiger partial charge < -0.3 is 9.64 Å². The van der Waals surface area contributed by atoms with E-state index in [1.54, 1.807) is 0 Å². The highest BCUT2D eigenvalue weighted by atomic mass is 35.5. The molecule has 3 aromatic carbocycles. The summed E-state index contributed by atoms with van der Waals surface area (Å²) in [6.07, 6.45) is 3.71. The Morgan fingerprint density at radius 3 is 2.10 bits per heavy atom. The van der Waals surface area contributed by atoms with Crippen LogP contribution in [0.5, 0.6) is 0 Å². The van der Waals surface area contributed by atoms with Crippen LogP contribution in [0.2, 0.25) is 5.02 Å². The second-order valence-electron chi connectivity index (χ2n) is 9.06. The lowest BCUT2D eigenvalue weighted by atomic mass is 9.76. The topological polar surface area (TPSA) is 12.5 Å². The molecule has 2 fully saturated rings. The van der Waals surface area contributed by atoms with Gasteiger partial charge >= 0.3 is 0 Å². The summed E-state index contributed by atoms with van der Waals surface area (Å²) in [5, 5.41) is 0.806. The summed E-state index contributed by atoms with van der Waals surface area (Å²) in [4.78, 5) is 2.61. The van der Waals surface area contributed by atoms with Crippen LogP contribution >= 0.6 is 11.6 Å². The van der Waals surface area contributed by atoms with Gasteiger partial charge in [0.25, 0.3) is 0 Å². The summed E-state index contributed by atoms with van der Waals surface area (Å²) < 4.78 is 6.78. The summed E-state index contributed by atoms with van der Waals surface area (Å²) in [6, 6.07) is 31.0. The Hall–Kier alpha value is -2.13. The van der Waals surface area contributed by atoms with E-state index in [1.165, 1.54) is 36.0 Å². The highest BCUT2D eigenvalue weighted by Gasteiger charge is 2.46. The number of ether oxygens (including phenoxy) is 1. The maximum Gasteiger partial charge on any atom is 0.108 e. The van der Waals surface area contributed by atoms with Crippen LogP contribution in [-0.2, 0) is 4.74 Å². The largest absolute Gasteiger partial charge is 0.368 e. The van der Waals surface area contributed by atoms with Gasteiger partial charge in [0.1, 0.15) is 6.10 Å². The molecule has 2 heterocycles. The Labute approximate surface area is 190 Å². The minimum Gasteiger partial charge on any atom is -0.368 e. The number of piperidine rings is 1. The SMILES string of the molecule is CN1[C@H]2CC[C@@H]1[C@H](COC(c1ccccc1)c1ccccc1)[C@@H](c1ccc(Cl)cc1)C2. The Kier molecular flexibility index (Phi) is 6.13. The molecule has 0 radical (unpaired) electrons. The third-order valence-corrected chi connectivity index (χ3v) is 7.64. The zero-order valence-electron chi connectivity index (χ0n) is 18.0. The molecule has 2 aliphatic rings. The van der Waals surface area contributed by atoms with Crippen LogP contribution in [0.1, 0.15) is 48.0 Å². The molecule has 0 saturated carbocycles. The van der Waals surface area contributed by atoms with Crippen molar-refractivity contribution in [1.82, 2.24) is 4.90 Å². The van der Waals surface area contributed by atoms with Crippen molar-refractivity contribution >= 4 is 11.6 Å². The first-order chi connectivity index (χ1) is 15.2. The quantitative estimate of drug-likeness (QED) is 0.430. The predicted octanol–water partition coefficient (Wildman–Crippen LogP) is 6.71. The zero-order chi connectivity index (χ0) is 21.2. The van der Waals surface area contributed by atoms with Gasteiger partial charge in [0.2, 0.25) is 0 Å². The molecule has 0 aliphatic carbocycles. The van der Waals surface area contributed by atoms with E-state index in [1.807, 2.05) is 12.1 Å². The first-order valence-electron chi connectivity index (χ1n) is 11.4. The van der Waals surface area contributed by atoms with Crippen LogP contribution in [0, 0.1) is 5.92 Å². The Bertz CT molecular complexity index is 935. The summed E-state index contributed by atoms with van der Waals surface area (Å²) in [6.45, 7) is 0.753. The lowest BCUT2D eigenvalue weighted by Crippen LogP contribution is -2.47. The lowest BCUT2D eigenvalue weighted by Gasteiger charge is -2.43. The Morgan fingerprint density at radius 1 is 0.871 bits per heavy atom. The van der Waals surface area contributed by atoms with Gasteiger partial charge in [-0.3, -0.25) is 0 Å². The minimum atomic E-state index is -0.0438. The molecule has 2 bridgehead atoms. The van der Waals surface area contributed by atoms with Crippen LogP contribution in [0.4, 0.5) is 0 Å². The van der Waals surface area contributed by atoms with Crippen LogP contribution in [0.25, 0.3) is 0 Å². The fourth-order valence-corrected chi connectivity index (χ4v) is 5.87. The van der Waals surface area contributed by atoms with Gasteiger partial charge in [0, 0.05) is 23.0 Å². The van der Waals surface area contributed by atoms with Crippen molar-refractivity contribution in [3.05, 3.63) is 107 Å². The molecule has 5 rings (SSSR count). The molecule has 4 atom stereocenters. The molecular weight excluding hydrogens is 402 g/mol. The van der Waals surface area contributed by atoms with Crippen molar-refractivity contribution in [2.24, 2.45) is 5.92 Å². The van der Waals surface area contributed by atoms with Gasteiger partial charge in [-0.2, -0.15) is 0 Å².